The molecule has 0 radical (unpaired) electrons. The van der Waals surface area contributed by atoms with E-state index in [1.54, 1.807) is 37.3 Å². The molecule has 3 rings (SSSR count). The molecule has 0 aliphatic carbocycles. The minimum atomic E-state index is -0.949. The number of carbonyl (C=O) groups excluding carboxylic acids is 3. The van der Waals surface area contributed by atoms with E-state index in [-0.39, 0.29) is 6.42 Å². The van der Waals surface area contributed by atoms with E-state index in [2.05, 4.69) is 26.1 Å². The van der Waals surface area contributed by atoms with Gasteiger partial charge in [-0.15, -0.1) is 0 Å². The topological polar surface area (TPSA) is 116 Å². The summed E-state index contributed by atoms with van der Waals surface area (Å²) in [5.41, 5.74) is 1.60. The summed E-state index contributed by atoms with van der Waals surface area (Å²) in [4.78, 5) is 36.4. The van der Waals surface area contributed by atoms with Crippen LogP contribution in [0.4, 0.5) is 11.5 Å². The van der Waals surface area contributed by atoms with Gasteiger partial charge in [-0.25, -0.2) is 0 Å². The number of nitrogens with zero attached hydrogens (tertiary/aromatic N) is 1. The third kappa shape index (κ3) is 3.20. The van der Waals surface area contributed by atoms with Crippen molar-refractivity contribution in [3.05, 3.63) is 41.6 Å². The molecule has 0 saturated heterocycles. The van der Waals surface area contributed by atoms with Crippen molar-refractivity contribution < 1.29 is 14.4 Å². The highest BCUT2D eigenvalue weighted by Gasteiger charge is 2.29. The molecule has 1 aromatic heterocycles. The fraction of sp³-hybridized carbons (Fsp3) is 0.200. The smallest absolute Gasteiger partial charge is 0.254 e. The summed E-state index contributed by atoms with van der Waals surface area (Å²) >= 11 is 0. The molecule has 3 amide bonds. The molecular formula is C15H15N5O3. The van der Waals surface area contributed by atoms with E-state index >= 15 is 0 Å². The Labute approximate surface area is 131 Å². The molecule has 8 heteroatoms. The number of rotatable bonds is 3. The summed E-state index contributed by atoms with van der Waals surface area (Å²) in [5.74, 6) is -0.872. The first-order valence-electron chi connectivity index (χ1n) is 7.05. The molecule has 0 spiro atoms. The van der Waals surface area contributed by atoms with Crippen LogP contribution in [0, 0.1) is 6.92 Å². The first-order valence-corrected chi connectivity index (χ1v) is 7.05. The zero-order valence-corrected chi connectivity index (χ0v) is 12.3. The van der Waals surface area contributed by atoms with Crippen LogP contribution >= 0.6 is 0 Å². The van der Waals surface area contributed by atoms with Gasteiger partial charge in [0.2, 0.25) is 11.8 Å². The lowest BCUT2D eigenvalue weighted by molar-refractivity contribution is -0.122. The van der Waals surface area contributed by atoms with Crippen molar-refractivity contribution in [3.63, 3.8) is 0 Å². The number of anilines is 2. The highest BCUT2D eigenvalue weighted by Crippen LogP contribution is 2.19. The summed E-state index contributed by atoms with van der Waals surface area (Å²) < 4.78 is 0. The number of para-hydroxylation sites is 1. The van der Waals surface area contributed by atoms with E-state index in [0.717, 1.165) is 5.69 Å². The molecule has 118 valence electrons. The maximum atomic E-state index is 12.2. The van der Waals surface area contributed by atoms with E-state index in [9.17, 15) is 14.4 Å². The van der Waals surface area contributed by atoms with Gasteiger partial charge in [-0.2, -0.15) is 5.10 Å². The summed E-state index contributed by atoms with van der Waals surface area (Å²) in [5, 5.41) is 14.4. The Morgan fingerprint density at radius 1 is 1.30 bits per heavy atom. The van der Waals surface area contributed by atoms with Crippen molar-refractivity contribution in [3.8, 4) is 0 Å². The standard InChI is InChI=1S/C15H15N5O3/c1-8-6-12(20-19-8)18-13(21)7-11-15(23)16-10-5-3-2-4-9(10)14(22)17-11/h2-6,11H,7H2,1H3,(H,16,23)(H,17,22)(H2,18,19,20,21). The van der Waals surface area contributed by atoms with Crippen molar-refractivity contribution in [2.45, 2.75) is 19.4 Å². The lowest BCUT2D eigenvalue weighted by Crippen LogP contribution is -2.43. The number of hydrogen-bond donors (Lipinski definition) is 4. The lowest BCUT2D eigenvalue weighted by Gasteiger charge is -2.13. The number of aryl methyl sites for hydroxylation is 1. The molecule has 1 unspecified atom stereocenters. The minimum Gasteiger partial charge on any atom is -0.340 e. The number of aromatic amines is 1. The zero-order chi connectivity index (χ0) is 16.4. The minimum absolute atomic E-state index is 0.183. The Morgan fingerprint density at radius 2 is 2.09 bits per heavy atom. The summed E-state index contributed by atoms with van der Waals surface area (Å²) in [6, 6.07) is 7.40. The quantitative estimate of drug-likeness (QED) is 0.670. The van der Waals surface area contributed by atoms with E-state index < -0.39 is 23.8 Å². The molecule has 0 saturated carbocycles. The number of nitrogens with one attached hydrogen (secondary N) is 4. The molecule has 23 heavy (non-hydrogen) atoms. The molecule has 1 atom stereocenters. The average molecular weight is 313 g/mol. The maximum Gasteiger partial charge on any atom is 0.254 e. The third-order valence-corrected chi connectivity index (χ3v) is 3.41. The van der Waals surface area contributed by atoms with Gasteiger partial charge in [-0.3, -0.25) is 19.5 Å². The second-order valence-electron chi connectivity index (χ2n) is 5.25. The fourth-order valence-corrected chi connectivity index (χ4v) is 2.32. The van der Waals surface area contributed by atoms with Crippen LogP contribution in [0.5, 0.6) is 0 Å². The molecule has 8 nitrogen and oxygen atoms in total. The maximum absolute atomic E-state index is 12.2. The summed E-state index contributed by atoms with van der Waals surface area (Å²) in [7, 11) is 0. The number of amides is 3. The molecule has 1 aliphatic rings. The molecule has 1 aromatic carbocycles. The van der Waals surface area contributed by atoms with Crippen LogP contribution < -0.4 is 16.0 Å². The second kappa shape index (κ2) is 5.91. The van der Waals surface area contributed by atoms with Crippen LogP contribution in [0.3, 0.4) is 0 Å². The van der Waals surface area contributed by atoms with Gasteiger partial charge in [0.05, 0.1) is 17.7 Å². The highest BCUT2D eigenvalue weighted by molar-refractivity contribution is 6.11. The van der Waals surface area contributed by atoms with Crippen molar-refractivity contribution in [2.24, 2.45) is 0 Å². The molecule has 2 heterocycles. The number of benzene rings is 1. The van der Waals surface area contributed by atoms with Crippen LogP contribution in [-0.4, -0.2) is 34.0 Å². The number of fused-ring (bicyclic) bond motifs is 1. The second-order valence-corrected chi connectivity index (χ2v) is 5.25. The highest BCUT2D eigenvalue weighted by atomic mass is 16.2. The first-order chi connectivity index (χ1) is 11.0. The normalized spacial score (nSPS) is 16.8. The SMILES string of the molecule is Cc1cc(NC(=O)CC2NC(=O)c3ccccc3NC2=O)n[nH]1. The number of aromatic nitrogens is 2. The number of H-pyrrole nitrogens is 1. The average Bonchev–Trinajstić information content (AvgIpc) is 2.86. The van der Waals surface area contributed by atoms with Gasteiger partial charge in [-0.1, -0.05) is 12.1 Å². The van der Waals surface area contributed by atoms with Crippen LogP contribution in [0.25, 0.3) is 0 Å². The third-order valence-electron chi connectivity index (χ3n) is 3.41. The fourth-order valence-electron chi connectivity index (χ4n) is 2.32. The van der Waals surface area contributed by atoms with Crippen LogP contribution in [-0.2, 0) is 9.59 Å². The monoisotopic (exact) mass is 313 g/mol. The van der Waals surface area contributed by atoms with Gasteiger partial charge in [0.15, 0.2) is 5.82 Å². The van der Waals surface area contributed by atoms with Gasteiger partial charge in [0.25, 0.3) is 5.91 Å². The van der Waals surface area contributed by atoms with Crippen LogP contribution in [0.15, 0.2) is 30.3 Å². The van der Waals surface area contributed by atoms with Crippen LogP contribution in [0.2, 0.25) is 0 Å². The van der Waals surface area contributed by atoms with E-state index in [1.807, 2.05) is 0 Å². The first kappa shape index (κ1) is 14.8. The van der Waals surface area contributed by atoms with Crippen molar-refractivity contribution in [1.29, 1.82) is 0 Å². The molecule has 2 aromatic rings. The van der Waals surface area contributed by atoms with Crippen molar-refractivity contribution in [1.82, 2.24) is 15.5 Å². The Morgan fingerprint density at radius 3 is 2.83 bits per heavy atom. The summed E-state index contributed by atoms with van der Waals surface area (Å²) in [6.07, 6.45) is -0.183. The van der Waals surface area contributed by atoms with Gasteiger partial charge in [0, 0.05) is 11.8 Å². The zero-order valence-electron chi connectivity index (χ0n) is 12.3. The Bertz CT molecular complexity index is 783. The largest absolute Gasteiger partial charge is 0.340 e. The van der Waals surface area contributed by atoms with Gasteiger partial charge in [-0.05, 0) is 19.1 Å². The summed E-state index contributed by atoms with van der Waals surface area (Å²) in [6.45, 7) is 1.80. The number of hydrogen-bond acceptors (Lipinski definition) is 4. The van der Waals surface area contributed by atoms with E-state index in [0.29, 0.717) is 17.1 Å². The Balaban J connectivity index is 1.70. The van der Waals surface area contributed by atoms with Gasteiger partial charge < -0.3 is 16.0 Å². The molecule has 0 bridgehead atoms. The van der Waals surface area contributed by atoms with Gasteiger partial charge in [0.1, 0.15) is 6.04 Å². The molecule has 4 N–H and O–H groups in total. The van der Waals surface area contributed by atoms with Crippen molar-refractivity contribution in [2.75, 3.05) is 10.6 Å². The molecule has 1 aliphatic heterocycles. The molecule has 0 fully saturated rings. The van der Waals surface area contributed by atoms with Gasteiger partial charge >= 0.3 is 0 Å². The van der Waals surface area contributed by atoms with E-state index in [1.165, 1.54) is 0 Å². The Kier molecular flexibility index (Phi) is 3.80. The number of carbonyl (C=O) groups is 3. The predicted octanol–water partition coefficient (Wildman–Crippen LogP) is 0.797. The Hall–Kier alpha value is -3.16. The van der Waals surface area contributed by atoms with Crippen LogP contribution in [0.1, 0.15) is 22.5 Å². The lowest BCUT2D eigenvalue weighted by atomic mass is 10.1. The van der Waals surface area contributed by atoms with E-state index in [4.69, 9.17) is 0 Å². The molecular weight excluding hydrogens is 298 g/mol. The van der Waals surface area contributed by atoms with Crippen molar-refractivity contribution >= 4 is 29.2 Å². The predicted molar refractivity (Wildman–Crippen MR) is 82.9 cm³/mol.